The van der Waals surface area contributed by atoms with E-state index in [1.54, 1.807) is 11.4 Å². The van der Waals surface area contributed by atoms with Crippen molar-refractivity contribution in [2.75, 3.05) is 0 Å². The fraction of sp³-hybridized carbons (Fsp3) is 0.300. The fourth-order valence-electron chi connectivity index (χ4n) is 3.91. The van der Waals surface area contributed by atoms with E-state index in [2.05, 4.69) is 10.2 Å². The minimum Gasteiger partial charge on any atom is -0.457 e. The summed E-state index contributed by atoms with van der Waals surface area (Å²) in [6, 6.07) is 11.7. The molecule has 0 N–H and O–H groups in total. The number of rotatable bonds is 4. The number of carbonyl (C=O) groups is 1. The van der Waals surface area contributed by atoms with Gasteiger partial charge in [-0.1, -0.05) is 36.8 Å². The molecule has 1 aliphatic rings. The van der Waals surface area contributed by atoms with E-state index >= 15 is 0 Å². The van der Waals surface area contributed by atoms with E-state index in [1.807, 2.05) is 41.8 Å². The molecule has 7 nitrogen and oxygen atoms in total. The van der Waals surface area contributed by atoms with Gasteiger partial charge in [0.25, 0.3) is 5.56 Å². The quantitative estimate of drug-likeness (QED) is 0.498. The number of esters is 1. The van der Waals surface area contributed by atoms with Crippen LogP contribution in [-0.2, 0) is 28.6 Å². The largest absolute Gasteiger partial charge is 0.457 e. The van der Waals surface area contributed by atoms with Crippen LogP contribution in [0, 0.1) is 0 Å². The van der Waals surface area contributed by atoms with Gasteiger partial charge < -0.3 is 4.74 Å². The van der Waals surface area contributed by atoms with Gasteiger partial charge in [0.2, 0.25) is 5.78 Å². The highest BCUT2D eigenvalue weighted by atomic mass is 32.1. The molecule has 142 valence electrons. The van der Waals surface area contributed by atoms with Gasteiger partial charge in [0, 0.05) is 7.05 Å². The average molecular weight is 394 g/mol. The summed E-state index contributed by atoms with van der Waals surface area (Å²) in [7, 11) is 1.67. The number of fused-ring (bicyclic) bond motifs is 3. The standard InChI is InChI=1S/C20H18N4O3S/c1-23-17(25)16-14(8-11-28-16)24-15(21-22-19(23)24)12-27-18(26)20(9-5-10-20)13-6-3-2-4-7-13/h2-4,6-8,11H,5,9-10,12H2,1H3. The first kappa shape index (κ1) is 17.1. The van der Waals surface area contributed by atoms with Crippen molar-refractivity contribution in [1.29, 1.82) is 0 Å². The summed E-state index contributed by atoms with van der Waals surface area (Å²) in [5, 5.41) is 10.2. The lowest BCUT2D eigenvalue weighted by Crippen LogP contribution is -2.43. The lowest BCUT2D eigenvalue weighted by molar-refractivity contribution is -0.156. The van der Waals surface area contributed by atoms with Crippen LogP contribution in [0.4, 0.5) is 0 Å². The molecule has 8 heteroatoms. The third-order valence-electron chi connectivity index (χ3n) is 5.65. The number of hydrogen-bond acceptors (Lipinski definition) is 6. The number of nitrogens with zero attached hydrogens (tertiary/aromatic N) is 4. The summed E-state index contributed by atoms with van der Waals surface area (Å²) in [6.45, 7) is 0.0116. The first-order chi connectivity index (χ1) is 13.6. The maximum Gasteiger partial charge on any atom is 0.317 e. The molecule has 3 heterocycles. The van der Waals surface area contributed by atoms with Gasteiger partial charge >= 0.3 is 5.97 Å². The predicted octanol–water partition coefficient (Wildman–Crippen LogP) is 2.81. The lowest BCUT2D eigenvalue weighted by atomic mass is 9.64. The van der Waals surface area contributed by atoms with E-state index in [9.17, 15) is 9.59 Å². The maximum absolute atomic E-state index is 13.0. The topological polar surface area (TPSA) is 78.5 Å². The fourth-order valence-corrected chi connectivity index (χ4v) is 4.76. The Morgan fingerprint density at radius 1 is 1.21 bits per heavy atom. The van der Waals surface area contributed by atoms with E-state index in [-0.39, 0.29) is 18.1 Å². The van der Waals surface area contributed by atoms with Gasteiger partial charge in [0.1, 0.15) is 4.70 Å². The molecule has 0 unspecified atom stereocenters. The molecule has 0 aliphatic heterocycles. The van der Waals surface area contributed by atoms with E-state index in [4.69, 9.17) is 4.74 Å². The maximum atomic E-state index is 13.0. The van der Waals surface area contributed by atoms with Crippen molar-refractivity contribution in [3.8, 4) is 0 Å². The van der Waals surface area contributed by atoms with Crippen LogP contribution in [0.2, 0.25) is 0 Å². The molecule has 0 saturated heterocycles. The van der Waals surface area contributed by atoms with Crippen LogP contribution in [0.25, 0.3) is 16.0 Å². The van der Waals surface area contributed by atoms with Crippen molar-refractivity contribution in [3.05, 3.63) is 63.5 Å². The highest BCUT2D eigenvalue weighted by Gasteiger charge is 2.47. The van der Waals surface area contributed by atoms with Crippen LogP contribution in [0.5, 0.6) is 0 Å². The van der Waals surface area contributed by atoms with Gasteiger partial charge in [-0.2, -0.15) is 0 Å². The Bertz CT molecular complexity index is 1250. The highest BCUT2D eigenvalue weighted by Crippen LogP contribution is 2.44. The summed E-state index contributed by atoms with van der Waals surface area (Å²) in [6.07, 6.45) is 2.59. The smallest absolute Gasteiger partial charge is 0.317 e. The van der Waals surface area contributed by atoms with Crippen molar-refractivity contribution in [3.63, 3.8) is 0 Å². The van der Waals surface area contributed by atoms with Crippen molar-refractivity contribution in [2.24, 2.45) is 7.05 Å². The average Bonchev–Trinajstić information content (AvgIpc) is 3.31. The SMILES string of the molecule is Cn1c(=O)c2sccc2n2c(COC(=O)C3(c4ccccc4)CCC3)nnc12. The molecular weight excluding hydrogens is 376 g/mol. The summed E-state index contributed by atoms with van der Waals surface area (Å²) in [4.78, 5) is 25.4. The molecule has 4 aromatic rings. The molecule has 5 rings (SSSR count). The van der Waals surface area contributed by atoms with Gasteiger partial charge in [0.05, 0.1) is 10.9 Å². The van der Waals surface area contributed by atoms with Gasteiger partial charge in [-0.3, -0.25) is 18.6 Å². The molecule has 1 saturated carbocycles. The number of hydrogen-bond donors (Lipinski definition) is 0. The Morgan fingerprint density at radius 3 is 2.71 bits per heavy atom. The first-order valence-electron chi connectivity index (χ1n) is 9.15. The van der Waals surface area contributed by atoms with Crippen LogP contribution in [0.1, 0.15) is 30.7 Å². The molecule has 1 aliphatic carbocycles. The second-order valence-corrected chi connectivity index (χ2v) is 8.04. The zero-order valence-corrected chi connectivity index (χ0v) is 16.1. The van der Waals surface area contributed by atoms with Crippen LogP contribution >= 0.6 is 11.3 Å². The zero-order chi connectivity index (χ0) is 19.3. The summed E-state index contributed by atoms with van der Waals surface area (Å²) in [5.41, 5.74) is 1.07. The Morgan fingerprint density at radius 2 is 2.00 bits per heavy atom. The summed E-state index contributed by atoms with van der Waals surface area (Å²) >= 11 is 1.38. The molecule has 3 aromatic heterocycles. The number of benzene rings is 1. The van der Waals surface area contributed by atoms with Crippen LogP contribution in [-0.4, -0.2) is 25.1 Å². The number of carbonyl (C=O) groups excluding carboxylic acids is 1. The summed E-state index contributed by atoms with van der Waals surface area (Å²) in [5.74, 6) is 0.710. The molecule has 0 amide bonds. The van der Waals surface area contributed by atoms with Crippen LogP contribution in [0.15, 0.2) is 46.6 Å². The number of aryl methyl sites for hydroxylation is 1. The van der Waals surface area contributed by atoms with Gasteiger partial charge in [-0.05, 0) is 29.9 Å². The minimum atomic E-state index is -0.563. The van der Waals surface area contributed by atoms with E-state index in [0.29, 0.717) is 16.3 Å². The second-order valence-electron chi connectivity index (χ2n) is 7.13. The molecular formula is C20H18N4O3S. The number of aromatic nitrogens is 4. The van der Waals surface area contributed by atoms with Crippen molar-refractivity contribution >= 4 is 33.3 Å². The van der Waals surface area contributed by atoms with Gasteiger partial charge in [-0.15, -0.1) is 21.5 Å². The molecule has 1 aromatic carbocycles. The Kier molecular flexibility index (Phi) is 3.83. The molecule has 1 fully saturated rings. The van der Waals surface area contributed by atoms with E-state index < -0.39 is 5.41 Å². The second kappa shape index (κ2) is 6.27. The predicted molar refractivity (Wildman–Crippen MR) is 105 cm³/mol. The molecule has 0 bridgehead atoms. The van der Waals surface area contributed by atoms with Crippen molar-refractivity contribution in [2.45, 2.75) is 31.3 Å². The monoisotopic (exact) mass is 394 g/mol. The van der Waals surface area contributed by atoms with Gasteiger partial charge in [-0.25, -0.2) is 0 Å². The van der Waals surface area contributed by atoms with Crippen molar-refractivity contribution in [1.82, 2.24) is 19.2 Å². The van der Waals surface area contributed by atoms with Crippen LogP contribution in [0.3, 0.4) is 0 Å². The van der Waals surface area contributed by atoms with Crippen LogP contribution < -0.4 is 5.56 Å². The molecule has 0 radical (unpaired) electrons. The number of thiophene rings is 1. The highest BCUT2D eigenvalue weighted by molar-refractivity contribution is 7.17. The number of ether oxygens (including phenoxy) is 1. The Hall–Kier alpha value is -3.00. The molecule has 0 atom stereocenters. The van der Waals surface area contributed by atoms with Gasteiger partial charge in [0.15, 0.2) is 12.4 Å². The lowest BCUT2D eigenvalue weighted by Gasteiger charge is -2.39. The third-order valence-corrected chi connectivity index (χ3v) is 6.55. The normalized spacial score (nSPS) is 15.6. The molecule has 0 spiro atoms. The van der Waals surface area contributed by atoms with Crippen molar-refractivity contribution < 1.29 is 9.53 Å². The third kappa shape index (κ3) is 2.34. The first-order valence-corrected chi connectivity index (χ1v) is 10.0. The molecule has 28 heavy (non-hydrogen) atoms. The zero-order valence-electron chi connectivity index (χ0n) is 15.3. The van der Waals surface area contributed by atoms with E-state index in [0.717, 1.165) is 30.3 Å². The Labute approximate surface area is 164 Å². The Balaban J connectivity index is 1.48. The minimum absolute atomic E-state index is 0.0116. The van der Waals surface area contributed by atoms with E-state index in [1.165, 1.54) is 15.9 Å². The summed E-state index contributed by atoms with van der Waals surface area (Å²) < 4.78 is 9.59.